The van der Waals surface area contributed by atoms with E-state index in [1.807, 2.05) is 31.2 Å². The molecule has 7 nitrogen and oxygen atoms in total. The van der Waals surface area contributed by atoms with Gasteiger partial charge in [0, 0.05) is 19.2 Å². The molecule has 0 heterocycles. The van der Waals surface area contributed by atoms with Crippen molar-refractivity contribution in [2.75, 3.05) is 24.2 Å². The zero-order valence-corrected chi connectivity index (χ0v) is 17.3. The Balaban J connectivity index is 1.94. The van der Waals surface area contributed by atoms with E-state index in [1.54, 1.807) is 31.2 Å². The lowest BCUT2D eigenvalue weighted by Crippen LogP contribution is -2.36. The van der Waals surface area contributed by atoms with Crippen molar-refractivity contribution < 1.29 is 22.7 Å². The van der Waals surface area contributed by atoms with E-state index in [0.29, 0.717) is 24.6 Å². The Labute approximate surface area is 166 Å². The van der Waals surface area contributed by atoms with Crippen LogP contribution in [0.25, 0.3) is 0 Å². The number of nitrogens with one attached hydrogen (secondary N) is 1. The van der Waals surface area contributed by atoms with Gasteiger partial charge in [-0.3, -0.25) is 9.10 Å². The topological polar surface area (TPSA) is 84.9 Å². The summed E-state index contributed by atoms with van der Waals surface area (Å²) in [7, 11) is -1.85. The first kappa shape index (κ1) is 21.6. The van der Waals surface area contributed by atoms with Gasteiger partial charge in [-0.2, -0.15) is 0 Å². The van der Waals surface area contributed by atoms with Crippen LogP contribution in [0.3, 0.4) is 0 Å². The number of ether oxygens (including phenoxy) is 2. The molecule has 0 spiro atoms. The predicted molar refractivity (Wildman–Crippen MR) is 109 cm³/mol. The molecule has 0 aliphatic rings. The number of carbonyl (C=O) groups excluding carboxylic acids is 1. The molecule has 0 aliphatic heterocycles. The van der Waals surface area contributed by atoms with Crippen molar-refractivity contribution >= 4 is 21.6 Å². The van der Waals surface area contributed by atoms with E-state index in [4.69, 9.17) is 9.47 Å². The Bertz CT molecular complexity index is 897. The van der Waals surface area contributed by atoms with Gasteiger partial charge in [-0.25, -0.2) is 8.42 Å². The Morgan fingerprint density at radius 3 is 2.39 bits per heavy atom. The van der Waals surface area contributed by atoms with E-state index < -0.39 is 16.1 Å². The van der Waals surface area contributed by atoms with E-state index in [2.05, 4.69) is 5.32 Å². The van der Waals surface area contributed by atoms with Gasteiger partial charge in [0.25, 0.3) is 5.91 Å². The molecule has 0 unspecified atom stereocenters. The summed E-state index contributed by atoms with van der Waals surface area (Å²) in [6.45, 7) is 4.44. The Morgan fingerprint density at radius 1 is 1.14 bits per heavy atom. The van der Waals surface area contributed by atoms with Gasteiger partial charge in [-0.1, -0.05) is 18.2 Å². The monoisotopic (exact) mass is 406 g/mol. The van der Waals surface area contributed by atoms with Crippen molar-refractivity contribution in [2.24, 2.45) is 0 Å². The summed E-state index contributed by atoms with van der Waals surface area (Å²) in [5.74, 6) is 0.955. The van der Waals surface area contributed by atoms with Gasteiger partial charge in [0.15, 0.2) is 6.10 Å². The van der Waals surface area contributed by atoms with Gasteiger partial charge in [0.2, 0.25) is 10.0 Å². The van der Waals surface area contributed by atoms with Gasteiger partial charge in [0.05, 0.1) is 18.6 Å². The molecule has 152 valence electrons. The van der Waals surface area contributed by atoms with Crippen LogP contribution in [-0.4, -0.2) is 40.3 Å². The Kier molecular flexibility index (Phi) is 7.28. The van der Waals surface area contributed by atoms with Crippen LogP contribution in [-0.2, 0) is 21.4 Å². The first-order valence-electron chi connectivity index (χ1n) is 8.91. The highest BCUT2D eigenvalue weighted by Gasteiger charge is 2.16. The summed E-state index contributed by atoms with van der Waals surface area (Å²) in [4.78, 5) is 12.3. The summed E-state index contributed by atoms with van der Waals surface area (Å²) in [5, 5.41) is 2.84. The molecule has 1 atom stereocenters. The standard InChI is InChI=1S/C20H26N2O5S/c1-5-26-19-9-7-6-8-16(19)14-21-20(23)15(2)27-18-12-10-17(11-13-18)22(3)28(4,24)25/h6-13,15H,5,14H2,1-4H3,(H,21,23)/t15-/m1/s1. The van der Waals surface area contributed by atoms with Crippen molar-refractivity contribution in [3.05, 3.63) is 54.1 Å². The normalized spacial score (nSPS) is 12.1. The Morgan fingerprint density at radius 2 is 1.79 bits per heavy atom. The predicted octanol–water partition coefficient (Wildman–Crippen LogP) is 2.56. The van der Waals surface area contributed by atoms with E-state index in [0.717, 1.165) is 17.6 Å². The maximum Gasteiger partial charge on any atom is 0.261 e. The molecule has 0 fully saturated rings. The highest BCUT2D eigenvalue weighted by molar-refractivity contribution is 7.92. The lowest BCUT2D eigenvalue weighted by Gasteiger charge is -2.18. The quantitative estimate of drug-likeness (QED) is 0.692. The molecular formula is C20H26N2O5S. The molecule has 0 aliphatic carbocycles. The molecule has 1 N–H and O–H groups in total. The number of anilines is 1. The number of benzene rings is 2. The zero-order chi connectivity index (χ0) is 20.7. The summed E-state index contributed by atoms with van der Waals surface area (Å²) < 4.78 is 35.5. The molecule has 8 heteroatoms. The van der Waals surface area contributed by atoms with Gasteiger partial charge in [-0.05, 0) is 44.2 Å². The molecule has 28 heavy (non-hydrogen) atoms. The third kappa shape index (κ3) is 5.88. The van der Waals surface area contributed by atoms with Gasteiger partial charge in [0.1, 0.15) is 11.5 Å². The number of sulfonamides is 1. The van der Waals surface area contributed by atoms with Crippen LogP contribution in [0, 0.1) is 0 Å². The number of hydrogen-bond donors (Lipinski definition) is 1. The average Bonchev–Trinajstić information content (AvgIpc) is 2.66. The van der Waals surface area contributed by atoms with E-state index in [9.17, 15) is 13.2 Å². The number of hydrogen-bond acceptors (Lipinski definition) is 5. The maximum atomic E-state index is 12.3. The van der Waals surface area contributed by atoms with Crippen molar-refractivity contribution in [1.29, 1.82) is 0 Å². The van der Waals surface area contributed by atoms with Crippen LogP contribution < -0.4 is 19.1 Å². The van der Waals surface area contributed by atoms with E-state index in [1.165, 1.54) is 11.4 Å². The molecule has 0 bridgehead atoms. The number of rotatable bonds is 9. The highest BCUT2D eigenvalue weighted by Crippen LogP contribution is 2.21. The van der Waals surface area contributed by atoms with Crippen molar-refractivity contribution in [1.82, 2.24) is 5.32 Å². The van der Waals surface area contributed by atoms with Gasteiger partial charge >= 0.3 is 0 Å². The fourth-order valence-electron chi connectivity index (χ4n) is 2.46. The highest BCUT2D eigenvalue weighted by atomic mass is 32.2. The van der Waals surface area contributed by atoms with Gasteiger partial charge < -0.3 is 14.8 Å². The molecular weight excluding hydrogens is 380 g/mol. The molecule has 2 aromatic carbocycles. The molecule has 2 rings (SSSR count). The van der Waals surface area contributed by atoms with Crippen LogP contribution in [0.15, 0.2) is 48.5 Å². The van der Waals surface area contributed by atoms with Gasteiger partial charge in [-0.15, -0.1) is 0 Å². The van der Waals surface area contributed by atoms with Crippen molar-refractivity contribution in [3.8, 4) is 11.5 Å². The van der Waals surface area contributed by atoms with Crippen LogP contribution in [0.4, 0.5) is 5.69 Å². The number of amides is 1. The fraction of sp³-hybridized carbons (Fsp3) is 0.350. The summed E-state index contributed by atoms with van der Waals surface area (Å²) in [6.07, 6.45) is 0.422. The minimum Gasteiger partial charge on any atom is -0.494 e. The Hall–Kier alpha value is -2.74. The fourth-order valence-corrected chi connectivity index (χ4v) is 2.96. The number of nitrogens with zero attached hydrogens (tertiary/aromatic N) is 1. The lowest BCUT2D eigenvalue weighted by molar-refractivity contribution is -0.127. The second kappa shape index (κ2) is 9.45. The molecule has 0 radical (unpaired) electrons. The van der Waals surface area contributed by atoms with Crippen LogP contribution in [0.1, 0.15) is 19.4 Å². The van der Waals surface area contributed by atoms with Crippen LogP contribution in [0.2, 0.25) is 0 Å². The summed E-state index contributed by atoms with van der Waals surface area (Å²) in [5.41, 5.74) is 1.40. The largest absolute Gasteiger partial charge is 0.494 e. The minimum atomic E-state index is -3.33. The average molecular weight is 407 g/mol. The smallest absolute Gasteiger partial charge is 0.261 e. The summed E-state index contributed by atoms with van der Waals surface area (Å²) in [6, 6.07) is 14.0. The lowest BCUT2D eigenvalue weighted by atomic mass is 10.2. The third-order valence-electron chi connectivity index (χ3n) is 4.11. The van der Waals surface area contributed by atoms with Crippen LogP contribution in [0.5, 0.6) is 11.5 Å². The second-order valence-corrected chi connectivity index (χ2v) is 8.26. The molecule has 2 aromatic rings. The van der Waals surface area contributed by atoms with Crippen LogP contribution >= 0.6 is 0 Å². The zero-order valence-electron chi connectivity index (χ0n) is 16.5. The number of para-hydroxylation sites is 1. The second-order valence-electron chi connectivity index (χ2n) is 6.24. The molecule has 0 saturated carbocycles. The van der Waals surface area contributed by atoms with E-state index in [-0.39, 0.29) is 5.91 Å². The minimum absolute atomic E-state index is 0.261. The molecule has 0 saturated heterocycles. The maximum absolute atomic E-state index is 12.3. The first-order chi connectivity index (χ1) is 13.2. The van der Waals surface area contributed by atoms with E-state index >= 15 is 0 Å². The summed E-state index contributed by atoms with van der Waals surface area (Å²) >= 11 is 0. The third-order valence-corrected chi connectivity index (χ3v) is 5.31. The van der Waals surface area contributed by atoms with Crippen molar-refractivity contribution in [3.63, 3.8) is 0 Å². The SMILES string of the molecule is CCOc1ccccc1CNC(=O)[C@@H](C)Oc1ccc(N(C)S(C)(=O)=O)cc1. The molecule has 0 aromatic heterocycles. The first-order valence-corrected chi connectivity index (χ1v) is 10.8. The number of carbonyl (C=O) groups is 1. The van der Waals surface area contributed by atoms with Crippen molar-refractivity contribution in [2.45, 2.75) is 26.5 Å². The molecule has 1 amide bonds.